The van der Waals surface area contributed by atoms with Crippen LogP contribution in [0.2, 0.25) is 0 Å². The number of benzene rings is 13. The van der Waals surface area contributed by atoms with E-state index in [4.69, 9.17) is 0 Å². The fraction of sp³-hybridized carbons (Fsp3) is 0. The van der Waals surface area contributed by atoms with E-state index in [2.05, 4.69) is 333 Å². The molecule has 0 fully saturated rings. The second-order valence-corrected chi connectivity index (χ2v) is 23.3. The van der Waals surface area contributed by atoms with Crippen LogP contribution in [0.25, 0.3) is 166 Å². The zero-order valence-electron chi connectivity index (χ0n) is 48.7. The molecule has 0 aliphatic rings. The molecule has 0 spiro atoms. The second-order valence-electron chi connectivity index (χ2n) is 23.3. The van der Waals surface area contributed by atoms with Crippen LogP contribution in [0.3, 0.4) is 0 Å². The molecule has 90 heavy (non-hydrogen) atoms. The third-order valence-electron chi connectivity index (χ3n) is 18.5. The molecule has 0 radical (unpaired) electrons. The summed E-state index contributed by atoms with van der Waals surface area (Å²) in [6, 6.07) is 113. The Morgan fingerprint density at radius 1 is 0.222 bits per heavy atom. The first-order valence-corrected chi connectivity index (χ1v) is 30.6. The first-order valence-electron chi connectivity index (χ1n) is 30.6. The van der Waals surface area contributed by atoms with E-state index in [1.165, 1.54) is 0 Å². The number of rotatable bonds is 9. The summed E-state index contributed by atoms with van der Waals surface area (Å²) < 4.78 is 9.89. The molecule has 0 unspecified atom stereocenters. The fourth-order valence-corrected chi connectivity index (χ4v) is 14.6. The van der Waals surface area contributed by atoms with Gasteiger partial charge in [-0.25, -0.2) is 0 Å². The monoisotopic (exact) mass is 1140 g/mol. The molecule has 18 aromatic rings. The fourth-order valence-electron chi connectivity index (χ4n) is 14.6. The van der Waals surface area contributed by atoms with Gasteiger partial charge in [-0.3, -0.25) is 4.98 Å². The number of hydrogen-bond donors (Lipinski definition) is 0. The van der Waals surface area contributed by atoms with Crippen molar-refractivity contribution in [3.05, 3.63) is 321 Å². The number of nitrogens with zero attached hydrogens (tertiary/aromatic N) is 6. The molecule has 5 aromatic heterocycles. The lowest BCUT2D eigenvalue weighted by molar-refractivity contribution is 1.02. The molecule has 13 aromatic carbocycles. The topological polar surface area (TPSA) is 56.4 Å². The zero-order chi connectivity index (χ0) is 59.4. The molecule has 0 aliphatic carbocycles. The quantitative estimate of drug-likeness (QED) is 0.145. The summed E-state index contributed by atoms with van der Waals surface area (Å²) in [6.07, 6.45) is 3.72. The van der Waals surface area contributed by atoms with Crippen molar-refractivity contribution in [1.29, 1.82) is 5.26 Å². The number of hydrogen-bond acceptors (Lipinski definition) is 2. The van der Waals surface area contributed by atoms with Gasteiger partial charge in [-0.05, 0) is 135 Å². The lowest BCUT2D eigenvalue weighted by atomic mass is 9.93. The van der Waals surface area contributed by atoms with Crippen molar-refractivity contribution in [2.75, 3.05) is 0 Å². The lowest BCUT2D eigenvalue weighted by Crippen LogP contribution is -2.16. The number of nitriles is 1. The van der Waals surface area contributed by atoms with Crippen molar-refractivity contribution < 1.29 is 0 Å². The summed E-state index contributed by atoms with van der Waals surface area (Å²) in [4.78, 5) is 4.68. The van der Waals surface area contributed by atoms with E-state index < -0.39 is 0 Å². The minimum absolute atomic E-state index is 0.510. The molecule has 5 heterocycles. The van der Waals surface area contributed by atoms with E-state index in [0.29, 0.717) is 5.56 Å². The van der Waals surface area contributed by atoms with Crippen molar-refractivity contribution >= 4 is 87.2 Å². The molecule has 0 saturated carbocycles. The largest absolute Gasteiger partial charge is 0.306 e. The standard InChI is InChI=1S/C84H52N6/c85-53-71-80(58-45-47-86-48-46-58)82(88-73-34-18-14-30-64(73)68-50-60(38-42-77(68)88)55-23-7-2-8-24-55)84(90-75-36-20-16-32-66(75)70-52-62(40-44-79(70)90)57-27-11-4-12-28-57)83(89-74-35-19-15-31-65(74)69-51-61(39-43-78(69)89)56-25-9-3-10-26-56)81(71)87-72-33-17-13-29-63(72)67-49-59(37-41-76(67)87)54-21-5-1-6-22-54/h1-52H. The van der Waals surface area contributed by atoms with Crippen LogP contribution in [0.1, 0.15) is 5.56 Å². The molecule has 0 atom stereocenters. The Morgan fingerprint density at radius 3 is 0.811 bits per heavy atom. The Morgan fingerprint density at radius 2 is 0.489 bits per heavy atom. The van der Waals surface area contributed by atoms with Crippen molar-refractivity contribution in [1.82, 2.24) is 23.3 Å². The van der Waals surface area contributed by atoms with E-state index >= 15 is 0 Å². The summed E-state index contributed by atoms with van der Waals surface area (Å²) in [5.74, 6) is 0. The first kappa shape index (κ1) is 51.0. The van der Waals surface area contributed by atoms with Crippen LogP contribution in [-0.4, -0.2) is 23.3 Å². The summed E-state index contributed by atoms with van der Waals surface area (Å²) in [6.45, 7) is 0. The highest BCUT2D eigenvalue weighted by Crippen LogP contribution is 2.52. The van der Waals surface area contributed by atoms with Gasteiger partial charge in [0.15, 0.2) is 0 Å². The van der Waals surface area contributed by atoms with Crippen molar-refractivity contribution in [3.63, 3.8) is 0 Å². The van der Waals surface area contributed by atoms with Gasteiger partial charge in [0, 0.05) is 61.0 Å². The van der Waals surface area contributed by atoms with E-state index in [0.717, 1.165) is 166 Å². The molecule has 6 heteroatoms. The Kier molecular flexibility index (Phi) is 11.6. The van der Waals surface area contributed by atoms with Crippen molar-refractivity contribution in [3.8, 4) is 84.5 Å². The van der Waals surface area contributed by atoms with Gasteiger partial charge in [-0.15, -0.1) is 0 Å². The maximum atomic E-state index is 13.0. The summed E-state index contributed by atoms with van der Waals surface area (Å²) in [5, 5.41) is 21.8. The van der Waals surface area contributed by atoms with E-state index in [-0.39, 0.29) is 0 Å². The third kappa shape index (κ3) is 7.73. The van der Waals surface area contributed by atoms with Gasteiger partial charge < -0.3 is 18.3 Å². The Labute approximate surface area is 518 Å². The molecular formula is C84H52N6. The number of fused-ring (bicyclic) bond motifs is 12. The van der Waals surface area contributed by atoms with Gasteiger partial charge in [-0.1, -0.05) is 218 Å². The maximum absolute atomic E-state index is 13.0. The van der Waals surface area contributed by atoms with Gasteiger partial charge in [0.2, 0.25) is 0 Å². The van der Waals surface area contributed by atoms with Crippen LogP contribution in [-0.2, 0) is 0 Å². The smallest absolute Gasteiger partial charge is 0.102 e. The van der Waals surface area contributed by atoms with Crippen LogP contribution < -0.4 is 0 Å². The summed E-state index contributed by atoms with van der Waals surface area (Å²) in [5.41, 5.74) is 22.5. The van der Waals surface area contributed by atoms with Crippen LogP contribution in [0.15, 0.2) is 316 Å². The van der Waals surface area contributed by atoms with Crippen LogP contribution >= 0.6 is 0 Å². The van der Waals surface area contributed by atoms with E-state index in [1.807, 2.05) is 12.4 Å². The van der Waals surface area contributed by atoms with E-state index in [9.17, 15) is 5.26 Å². The van der Waals surface area contributed by atoms with Gasteiger partial charge in [0.25, 0.3) is 0 Å². The first-order chi connectivity index (χ1) is 44.7. The van der Waals surface area contributed by atoms with Gasteiger partial charge in [0.05, 0.1) is 72.4 Å². The average molecular weight is 1150 g/mol. The highest BCUT2D eigenvalue weighted by Gasteiger charge is 2.35. The minimum atomic E-state index is 0.510. The Balaban J connectivity index is 1.12. The molecule has 6 nitrogen and oxygen atoms in total. The third-order valence-corrected chi connectivity index (χ3v) is 18.5. The molecular weight excluding hydrogens is 1090 g/mol. The molecule has 0 N–H and O–H groups in total. The van der Waals surface area contributed by atoms with Crippen LogP contribution in [0.5, 0.6) is 0 Å². The Bertz CT molecular complexity index is 5950. The maximum Gasteiger partial charge on any atom is 0.102 e. The van der Waals surface area contributed by atoms with Crippen molar-refractivity contribution in [2.24, 2.45) is 0 Å². The molecule has 0 aliphatic heterocycles. The number of para-hydroxylation sites is 4. The molecule has 418 valence electrons. The number of pyridine rings is 1. The summed E-state index contributed by atoms with van der Waals surface area (Å²) in [7, 11) is 0. The zero-order valence-corrected chi connectivity index (χ0v) is 48.7. The van der Waals surface area contributed by atoms with Crippen LogP contribution in [0.4, 0.5) is 0 Å². The highest BCUT2D eigenvalue weighted by atomic mass is 15.1. The van der Waals surface area contributed by atoms with Gasteiger partial charge in [-0.2, -0.15) is 5.26 Å². The van der Waals surface area contributed by atoms with Gasteiger partial charge in [0.1, 0.15) is 6.07 Å². The lowest BCUT2D eigenvalue weighted by Gasteiger charge is -2.29. The molecule has 0 bridgehead atoms. The predicted molar refractivity (Wildman–Crippen MR) is 373 cm³/mol. The van der Waals surface area contributed by atoms with Crippen LogP contribution in [0, 0.1) is 11.3 Å². The average Bonchev–Trinajstić information content (AvgIpc) is 1.43. The second kappa shape index (κ2) is 20.4. The minimum Gasteiger partial charge on any atom is -0.306 e. The molecule has 0 amide bonds. The Hall–Kier alpha value is -12.3. The van der Waals surface area contributed by atoms with E-state index in [1.54, 1.807) is 0 Å². The van der Waals surface area contributed by atoms with Crippen molar-refractivity contribution in [2.45, 2.75) is 0 Å². The SMILES string of the molecule is N#Cc1c(-c2ccncc2)c(-n2c3ccccc3c3cc(-c4ccccc4)ccc32)c(-n2c3ccccc3c3cc(-c4ccccc4)ccc32)c(-n2c3ccccc3c3cc(-c4ccccc4)ccc32)c1-n1c2ccccc2c2cc(-c3ccccc3)ccc21. The normalized spacial score (nSPS) is 11.8. The molecule has 18 rings (SSSR count). The summed E-state index contributed by atoms with van der Waals surface area (Å²) >= 11 is 0. The van der Waals surface area contributed by atoms with Gasteiger partial charge >= 0.3 is 0 Å². The highest BCUT2D eigenvalue weighted by molar-refractivity contribution is 6.18. The predicted octanol–water partition coefficient (Wildman–Crippen LogP) is 21.7. The number of aromatic nitrogens is 5. The molecule has 0 saturated heterocycles.